The van der Waals surface area contributed by atoms with E-state index in [-0.39, 0.29) is 5.78 Å². The number of hydrogen-bond donors (Lipinski definition) is 1. The number of carboxylic acids is 1. The van der Waals surface area contributed by atoms with Gasteiger partial charge in [0.15, 0.2) is 12.4 Å². The molecule has 0 radical (unpaired) electrons. The Bertz CT molecular complexity index is 1000. The standard InChI is InChI=1S/C22H18O5/c1-26-21-13-11-18(17-4-2-3-5-19(17)21)20(23)12-8-15-6-9-16(10-7-15)27-14-22(24)25/h2-13H,14H2,1H3,(H,24,25)/b12-8+. The molecule has 0 aromatic heterocycles. The summed E-state index contributed by atoms with van der Waals surface area (Å²) in [5, 5.41) is 10.3. The number of methoxy groups -OCH3 is 1. The molecule has 0 atom stereocenters. The third-order valence-electron chi connectivity index (χ3n) is 4.04. The molecule has 3 rings (SSSR count). The molecule has 0 aliphatic heterocycles. The van der Waals surface area contributed by atoms with Gasteiger partial charge in [0.1, 0.15) is 11.5 Å². The number of benzene rings is 3. The van der Waals surface area contributed by atoms with Gasteiger partial charge in [0.2, 0.25) is 0 Å². The van der Waals surface area contributed by atoms with Crippen molar-refractivity contribution < 1.29 is 24.2 Å². The van der Waals surface area contributed by atoms with Crippen molar-refractivity contribution in [2.45, 2.75) is 0 Å². The zero-order valence-electron chi connectivity index (χ0n) is 14.7. The second-order valence-electron chi connectivity index (χ2n) is 5.81. The van der Waals surface area contributed by atoms with E-state index in [1.807, 2.05) is 24.3 Å². The lowest BCUT2D eigenvalue weighted by molar-refractivity contribution is -0.139. The van der Waals surface area contributed by atoms with E-state index in [0.29, 0.717) is 11.3 Å². The van der Waals surface area contributed by atoms with Gasteiger partial charge in [-0.05, 0) is 41.3 Å². The van der Waals surface area contributed by atoms with Crippen LogP contribution in [0.3, 0.4) is 0 Å². The van der Waals surface area contributed by atoms with E-state index in [0.717, 1.165) is 22.1 Å². The normalized spacial score (nSPS) is 10.9. The van der Waals surface area contributed by atoms with Gasteiger partial charge in [0, 0.05) is 10.9 Å². The Hall–Kier alpha value is -3.60. The number of hydrogen-bond acceptors (Lipinski definition) is 4. The van der Waals surface area contributed by atoms with Crippen molar-refractivity contribution in [3.8, 4) is 11.5 Å². The third kappa shape index (κ3) is 4.33. The van der Waals surface area contributed by atoms with E-state index in [1.54, 1.807) is 49.6 Å². The van der Waals surface area contributed by atoms with Crippen LogP contribution < -0.4 is 9.47 Å². The minimum atomic E-state index is -1.03. The average molecular weight is 362 g/mol. The molecule has 27 heavy (non-hydrogen) atoms. The number of carbonyl (C=O) groups is 2. The van der Waals surface area contributed by atoms with Crippen LogP contribution in [0.1, 0.15) is 15.9 Å². The Morgan fingerprint density at radius 2 is 1.67 bits per heavy atom. The average Bonchev–Trinajstić information content (AvgIpc) is 2.70. The van der Waals surface area contributed by atoms with E-state index < -0.39 is 12.6 Å². The van der Waals surface area contributed by atoms with Gasteiger partial charge in [-0.25, -0.2) is 4.79 Å². The van der Waals surface area contributed by atoms with Gasteiger partial charge in [-0.3, -0.25) is 4.79 Å². The molecule has 0 aliphatic rings. The summed E-state index contributed by atoms with van der Waals surface area (Å²) in [7, 11) is 1.60. The first-order valence-electron chi connectivity index (χ1n) is 8.31. The second-order valence-corrected chi connectivity index (χ2v) is 5.81. The molecule has 1 N–H and O–H groups in total. The summed E-state index contributed by atoms with van der Waals surface area (Å²) < 4.78 is 10.4. The van der Waals surface area contributed by atoms with E-state index in [1.165, 1.54) is 6.08 Å². The maximum absolute atomic E-state index is 12.7. The predicted molar refractivity (Wildman–Crippen MR) is 103 cm³/mol. The van der Waals surface area contributed by atoms with Crippen LogP contribution in [0.15, 0.2) is 66.7 Å². The van der Waals surface area contributed by atoms with Crippen molar-refractivity contribution in [1.82, 2.24) is 0 Å². The SMILES string of the molecule is COc1ccc(C(=O)/C=C/c2ccc(OCC(=O)O)cc2)c2ccccc12. The summed E-state index contributed by atoms with van der Waals surface area (Å²) >= 11 is 0. The first-order valence-corrected chi connectivity index (χ1v) is 8.31. The smallest absolute Gasteiger partial charge is 0.341 e. The predicted octanol–water partition coefficient (Wildman–Crippen LogP) is 4.21. The lowest BCUT2D eigenvalue weighted by Gasteiger charge is -2.08. The molecule has 3 aromatic carbocycles. The van der Waals surface area contributed by atoms with Gasteiger partial charge in [0.05, 0.1) is 7.11 Å². The lowest BCUT2D eigenvalue weighted by atomic mass is 10.00. The minimum absolute atomic E-state index is 0.111. The van der Waals surface area contributed by atoms with Crippen LogP contribution in [-0.4, -0.2) is 30.6 Å². The quantitative estimate of drug-likeness (QED) is 0.503. The summed E-state index contributed by atoms with van der Waals surface area (Å²) in [4.78, 5) is 23.2. The van der Waals surface area contributed by atoms with Crippen molar-refractivity contribution in [3.05, 3.63) is 77.9 Å². The first-order chi connectivity index (χ1) is 13.1. The molecule has 0 aliphatic carbocycles. The van der Waals surface area contributed by atoms with Crippen LogP contribution in [-0.2, 0) is 4.79 Å². The van der Waals surface area contributed by atoms with Gasteiger partial charge < -0.3 is 14.6 Å². The molecule has 0 unspecified atom stereocenters. The molecule has 0 spiro atoms. The highest BCUT2D eigenvalue weighted by Gasteiger charge is 2.10. The third-order valence-corrected chi connectivity index (χ3v) is 4.04. The molecule has 136 valence electrons. The van der Waals surface area contributed by atoms with Gasteiger partial charge in [0.25, 0.3) is 0 Å². The molecule has 0 amide bonds. The molecule has 0 heterocycles. The number of carboxylic acid groups (broad SMARTS) is 1. The van der Waals surface area contributed by atoms with Crippen molar-refractivity contribution in [2.75, 3.05) is 13.7 Å². The van der Waals surface area contributed by atoms with Gasteiger partial charge in [-0.15, -0.1) is 0 Å². The molecule has 0 fully saturated rings. The lowest BCUT2D eigenvalue weighted by Crippen LogP contribution is -2.09. The number of allylic oxidation sites excluding steroid dienone is 1. The highest BCUT2D eigenvalue weighted by Crippen LogP contribution is 2.28. The van der Waals surface area contributed by atoms with Gasteiger partial charge in [-0.1, -0.05) is 42.5 Å². The Kier molecular flexibility index (Phi) is 5.52. The maximum atomic E-state index is 12.7. The summed E-state index contributed by atoms with van der Waals surface area (Å²) in [6.07, 6.45) is 3.23. The van der Waals surface area contributed by atoms with E-state index >= 15 is 0 Å². The highest BCUT2D eigenvalue weighted by molar-refractivity contribution is 6.15. The van der Waals surface area contributed by atoms with Crippen LogP contribution in [0.5, 0.6) is 11.5 Å². The fraction of sp³-hybridized carbons (Fsp3) is 0.0909. The largest absolute Gasteiger partial charge is 0.496 e. The van der Waals surface area contributed by atoms with Gasteiger partial charge in [-0.2, -0.15) is 0 Å². The molecule has 0 bridgehead atoms. The topological polar surface area (TPSA) is 72.8 Å². The van der Waals surface area contributed by atoms with Crippen LogP contribution in [0.25, 0.3) is 16.8 Å². The summed E-state index contributed by atoms with van der Waals surface area (Å²) in [5.74, 6) is 0.0430. The summed E-state index contributed by atoms with van der Waals surface area (Å²) in [6, 6.07) is 18.0. The number of ether oxygens (including phenoxy) is 2. The van der Waals surface area contributed by atoms with E-state index in [2.05, 4.69) is 0 Å². The molecular weight excluding hydrogens is 344 g/mol. The highest BCUT2D eigenvalue weighted by atomic mass is 16.5. The Balaban J connectivity index is 1.79. The van der Waals surface area contributed by atoms with Crippen LogP contribution in [0, 0.1) is 0 Å². The van der Waals surface area contributed by atoms with Crippen molar-refractivity contribution in [1.29, 1.82) is 0 Å². The molecule has 0 saturated heterocycles. The second kappa shape index (κ2) is 8.19. The summed E-state index contributed by atoms with van der Waals surface area (Å²) in [5.41, 5.74) is 1.41. The van der Waals surface area contributed by atoms with Gasteiger partial charge >= 0.3 is 5.97 Å². The number of carbonyl (C=O) groups excluding carboxylic acids is 1. The molecule has 3 aromatic rings. The number of aliphatic carboxylic acids is 1. The van der Waals surface area contributed by atoms with Crippen molar-refractivity contribution in [2.24, 2.45) is 0 Å². The van der Waals surface area contributed by atoms with Crippen LogP contribution in [0.4, 0.5) is 0 Å². The first kappa shape index (κ1) is 18.2. The Morgan fingerprint density at radius 3 is 2.33 bits per heavy atom. The Labute approximate surface area is 156 Å². The van der Waals surface area contributed by atoms with E-state index in [9.17, 15) is 9.59 Å². The maximum Gasteiger partial charge on any atom is 0.341 e. The van der Waals surface area contributed by atoms with Crippen molar-refractivity contribution >= 4 is 28.6 Å². The molecule has 5 nitrogen and oxygen atoms in total. The Morgan fingerprint density at radius 1 is 0.963 bits per heavy atom. The molecular formula is C22H18O5. The summed E-state index contributed by atoms with van der Waals surface area (Å²) in [6.45, 7) is -0.391. The number of ketones is 1. The number of fused-ring (bicyclic) bond motifs is 1. The van der Waals surface area contributed by atoms with Crippen LogP contribution in [0.2, 0.25) is 0 Å². The fourth-order valence-corrected chi connectivity index (χ4v) is 2.75. The fourth-order valence-electron chi connectivity index (χ4n) is 2.75. The minimum Gasteiger partial charge on any atom is -0.496 e. The zero-order valence-corrected chi connectivity index (χ0v) is 14.7. The van der Waals surface area contributed by atoms with E-state index in [4.69, 9.17) is 14.6 Å². The van der Waals surface area contributed by atoms with Crippen LogP contribution >= 0.6 is 0 Å². The molecule has 5 heteroatoms. The monoisotopic (exact) mass is 362 g/mol. The molecule has 0 saturated carbocycles. The zero-order chi connectivity index (χ0) is 19.2. The van der Waals surface area contributed by atoms with Crippen molar-refractivity contribution in [3.63, 3.8) is 0 Å². The number of rotatable bonds is 7.